The number of primary sulfonamides is 1. The van der Waals surface area contributed by atoms with Crippen LogP contribution in [0.15, 0.2) is 86.0 Å². The minimum Gasteiger partial charge on any atom is -0.465 e. The SMILES string of the molecule is COC(=O)c1ccc2c(=O)n(CCc3ccc(S(N)(=O)=O)cc3)c(SCc3cccc(Br)c3)nc2c1. The number of nitrogens with two attached hydrogens (primary N) is 1. The summed E-state index contributed by atoms with van der Waals surface area (Å²) in [5.41, 5.74) is 2.39. The molecule has 0 aliphatic heterocycles. The Morgan fingerprint density at radius 1 is 1.08 bits per heavy atom. The number of carbonyl (C=O) groups is 1. The summed E-state index contributed by atoms with van der Waals surface area (Å²) in [7, 11) is -2.48. The summed E-state index contributed by atoms with van der Waals surface area (Å²) >= 11 is 4.89. The van der Waals surface area contributed by atoms with E-state index in [1.165, 1.54) is 31.0 Å². The van der Waals surface area contributed by atoms with Crippen molar-refractivity contribution in [2.45, 2.75) is 28.8 Å². The van der Waals surface area contributed by atoms with E-state index in [0.29, 0.717) is 40.3 Å². The van der Waals surface area contributed by atoms with E-state index in [-0.39, 0.29) is 10.5 Å². The molecular formula is C25H22BrN3O5S2. The van der Waals surface area contributed by atoms with Gasteiger partial charge >= 0.3 is 5.97 Å². The van der Waals surface area contributed by atoms with Crippen LogP contribution in [0.4, 0.5) is 0 Å². The summed E-state index contributed by atoms with van der Waals surface area (Å²) in [4.78, 5) is 30.2. The second kappa shape index (κ2) is 11.0. The number of benzene rings is 3. The summed E-state index contributed by atoms with van der Waals surface area (Å²) in [6, 6.07) is 18.8. The van der Waals surface area contributed by atoms with Gasteiger partial charge in [0, 0.05) is 16.8 Å². The number of nitrogens with zero attached hydrogens (tertiary/aromatic N) is 2. The van der Waals surface area contributed by atoms with E-state index >= 15 is 0 Å². The van der Waals surface area contributed by atoms with Crippen molar-refractivity contribution in [1.82, 2.24) is 9.55 Å². The Morgan fingerprint density at radius 2 is 1.83 bits per heavy atom. The van der Waals surface area contributed by atoms with E-state index in [0.717, 1.165) is 15.6 Å². The van der Waals surface area contributed by atoms with Crippen LogP contribution in [0.5, 0.6) is 0 Å². The smallest absolute Gasteiger partial charge is 0.337 e. The van der Waals surface area contributed by atoms with E-state index < -0.39 is 16.0 Å². The lowest BCUT2D eigenvalue weighted by Gasteiger charge is -2.14. The van der Waals surface area contributed by atoms with Gasteiger partial charge in [-0.05, 0) is 60.0 Å². The Balaban J connectivity index is 1.70. The first-order chi connectivity index (χ1) is 17.2. The first-order valence-corrected chi connectivity index (χ1v) is 14.1. The van der Waals surface area contributed by atoms with E-state index in [9.17, 15) is 18.0 Å². The van der Waals surface area contributed by atoms with Crippen molar-refractivity contribution in [3.05, 3.63) is 98.2 Å². The molecule has 0 aliphatic rings. The third kappa shape index (κ3) is 6.04. The summed E-state index contributed by atoms with van der Waals surface area (Å²) in [5.74, 6) is 0.0751. The van der Waals surface area contributed by atoms with Crippen LogP contribution in [0.2, 0.25) is 0 Å². The zero-order valence-corrected chi connectivity index (χ0v) is 22.4. The highest BCUT2D eigenvalue weighted by Gasteiger charge is 2.15. The number of hydrogen-bond donors (Lipinski definition) is 1. The lowest BCUT2D eigenvalue weighted by molar-refractivity contribution is 0.0601. The number of thioether (sulfide) groups is 1. The summed E-state index contributed by atoms with van der Waals surface area (Å²) in [5, 5.41) is 6.07. The Bertz CT molecular complexity index is 1600. The van der Waals surface area contributed by atoms with Crippen LogP contribution in [-0.2, 0) is 33.5 Å². The number of rotatable bonds is 8. The molecule has 0 aliphatic carbocycles. The highest BCUT2D eigenvalue weighted by Crippen LogP contribution is 2.25. The molecule has 4 aromatic rings. The van der Waals surface area contributed by atoms with Gasteiger partial charge in [-0.3, -0.25) is 9.36 Å². The molecule has 0 fully saturated rings. The fourth-order valence-corrected chi connectivity index (χ4v) is 5.54. The molecule has 1 heterocycles. The molecule has 2 N–H and O–H groups in total. The third-order valence-corrected chi connectivity index (χ3v) is 7.94. The minimum atomic E-state index is -3.78. The number of fused-ring (bicyclic) bond motifs is 1. The van der Waals surface area contributed by atoms with Crippen molar-refractivity contribution in [2.75, 3.05) is 7.11 Å². The van der Waals surface area contributed by atoms with Crippen LogP contribution in [0.3, 0.4) is 0 Å². The third-order valence-electron chi connectivity index (χ3n) is 5.47. The first-order valence-electron chi connectivity index (χ1n) is 10.8. The number of hydrogen-bond acceptors (Lipinski definition) is 7. The van der Waals surface area contributed by atoms with Crippen LogP contribution >= 0.6 is 27.7 Å². The van der Waals surface area contributed by atoms with Crippen LogP contribution in [0.25, 0.3) is 10.9 Å². The van der Waals surface area contributed by atoms with Crippen molar-refractivity contribution < 1.29 is 17.9 Å². The number of ether oxygens (including phenoxy) is 1. The number of halogens is 1. The maximum absolute atomic E-state index is 13.5. The molecule has 36 heavy (non-hydrogen) atoms. The number of carbonyl (C=O) groups excluding carboxylic acids is 1. The van der Waals surface area contributed by atoms with E-state index in [1.807, 2.05) is 24.3 Å². The van der Waals surface area contributed by atoms with Gasteiger partial charge in [0.25, 0.3) is 5.56 Å². The fraction of sp³-hybridized carbons (Fsp3) is 0.160. The van der Waals surface area contributed by atoms with Crippen molar-refractivity contribution >= 4 is 54.6 Å². The van der Waals surface area contributed by atoms with Crippen LogP contribution in [-0.4, -0.2) is 31.0 Å². The second-order valence-corrected chi connectivity index (χ2v) is 11.4. The number of methoxy groups -OCH3 is 1. The average molecular weight is 589 g/mol. The number of aryl methyl sites for hydroxylation is 1. The number of sulfonamides is 1. The Labute approximate surface area is 220 Å². The summed E-state index contributed by atoms with van der Waals surface area (Å²) in [6.45, 7) is 0.329. The molecule has 186 valence electrons. The van der Waals surface area contributed by atoms with Crippen LogP contribution in [0, 0.1) is 0 Å². The predicted octanol–water partition coefficient (Wildman–Crippen LogP) is 4.13. The minimum absolute atomic E-state index is 0.0301. The number of aromatic nitrogens is 2. The van der Waals surface area contributed by atoms with Gasteiger partial charge in [-0.25, -0.2) is 23.3 Å². The molecule has 8 nitrogen and oxygen atoms in total. The molecule has 11 heteroatoms. The largest absolute Gasteiger partial charge is 0.465 e. The van der Waals surface area contributed by atoms with Gasteiger partial charge in [-0.15, -0.1) is 0 Å². The normalized spacial score (nSPS) is 11.5. The van der Waals surface area contributed by atoms with Gasteiger partial charge in [0.05, 0.1) is 28.5 Å². The molecule has 0 saturated carbocycles. The Morgan fingerprint density at radius 3 is 2.50 bits per heavy atom. The predicted molar refractivity (Wildman–Crippen MR) is 143 cm³/mol. The summed E-state index contributed by atoms with van der Waals surface area (Å²) < 4.78 is 30.4. The molecule has 0 atom stereocenters. The lowest BCUT2D eigenvalue weighted by Crippen LogP contribution is -2.24. The maximum Gasteiger partial charge on any atom is 0.337 e. The van der Waals surface area contributed by atoms with Gasteiger partial charge in [0.1, 0.15) is 0 Å². The average Bonchev–Trinajstić information content (AvgIpc) is 2.86. The molecule has 3 aromatic carbocycles. The fourth-order valence-electron chi connectivity index (χ4n) is 3.61. The highest BCUT2D eigenvalue weighted by atomic mass is 79.9. The molecule has 0 radical (unpaired) electrons. The van der Waals surface area contributed by atoms with E-state index in [1.54, 1.807) is 34.9 Å². The van der Waals surface area contributed by atoms with Crippen LogP contribution < -0.4 is 10.7 Å². The van der Waals surface area contributed by atoms with Crippen LogP contribution in [0.1, 0.15) is 21.5 Å². The lowest BCUT2D eigenvalue weighted by atomic mass is 10.1. The summed E-state index contributed by atoms with van der Waals surface area (Å²) in [6.07, 6.45) is 0.475. The Kier molecular flexibility index (Phi) is 7.94. The molecule has 4 rings (SSSR count). The monoisotopic (exact) mass is 587 g/mol. The molecular weight excluding hydrogens is 566 g/mol. The van der Waals surface area contributed by atoms with Gasteiger partial charge in [0.2, 0.25) is 10.0 Å². The quantitative estimate of drug-likeness (QED) is 0.187. The molecule has 0 bridgehead atoms. The van der Waals surface area contributed by atoms with E-state index in [4.69, 9.17) is 14.9 Å². The standard InChI is InChI=1S/C25H22BrN3O5S2/c1-34-24(31)18-7-10-21-22(14-18)28-25(35-15-17-3-2-4-19(26)13-17)29(23(21)30)12-11-16-5-8-20(9-6-16)36(27,32)33/h2-10,13-14H,11-12,15H2,1H3,(H2,27,32,33). The number of esters is 1. The Hall–Kier alpha value is -2.99. The molecule has 0 amide bonds. The van der Waals surface area contributed by atoms with Crippen molar-refractivity contribution in [3.63, 3.8) is 0 Å². The zero-order valence-electron chi connectivity index (χ0n) is 19.2. The molecule has 1 aromatic heterocycles. The molecule has 0 unspecified atom stereocenters. The molecule has 0 spiro atoms. The highest BCUT2D eigenvalue weighted by molar-refractivity contribution is 9.10. The maximum atomic E-state index is 13.5. The topological polar surface area (TPSA) is 121 Å². The van der Waals surface area contributed by atoms with E-state index in [2.05, 4.69) is 15.9 Å². The van der Waals surface area contributed by atoms with Gasteiger partial charge in [-0.2, -0.15) is 0 Å². The van der Waals surface area contributed by atoms with Gasteiger partial charge in [-0.1, -0.05) is 52.0 Å². The first kappa shape index (κ1) is 26.1. The second-order valence-electron chi connectivity index (χ2n) is 7.93. The van der Waals surface area contributed by atoms with Crippen molar-refractivity contribution in [2.24, 2.45) is 5.14 Å². The van der Waals surface area contributed by atoms with Gasteiger partial charge < -0.3 is 4.74 Å². The zero-order chi connectivity index (χ0) is 25.9. The van der Waals surface area contributed by atoms with Gasteiger partial charge in [0.15, 0.2) is 5.16 Å². The van der Waals surface area contributed by atoms with Crippen molar-refractivity contribution in [1.29, 1.82) is 0 Å². The molecule has 0 saturated heterocycles. The van der Waals surface area contributed by atoms with Crippen molar-refractivity contribution in [3.8, 4) is 0 Å².